The predicted octanol–water partition coefficient (Wildman–Crippen LogP) is 0.607. The van der Waals surface area contributed by atoms with E-state index in [9.17, 15) is 4.79 Å². The molecule has 3 heteroatoms. The van der Waals surface area contributed by atoms with E-state index in [-0.39, 0.29) is 11.3 Å². The van der Waals surface area contributed by atoms with Gasteiger partial charge in [-0.15, -0.1) is 0 Å². The first kappa shape index (κ1) is 9.00. The van der Waals surface area contributed by atoms with Crippen LogP contribution in [-0.2, 0) is 4.79 Å². The summed E-state index contributed by atoms with van der Waals surface area (Å²) in [6, 6.07) is 0.398. The standard InChI is InChI=1S/C10H18N2O/c1-10(4-5-10)9(13)11-8-3-6-12(2)7-8/h8H,3-7H2,1-2H3,(H,11,13). The summed E-state index contributed by atoms with van der Waals surface area (Å²) < 4.78 is 0. The Morgan fingerprint density at radius 1 is 1.54 bits per heavy atom. The van der Waals surface area contributed by atoms with Crippen LogP contribution in [0.4, 0.5) is 0 Å². The van der Waals surface area contributed by atoms with Crippen LogP contribution in [-0.4, -0.2) is 37.0 Å². The highest BCUT2D eigenvalue weighted by Crippen LogP contribution is 2.45. The topological polar surface area (TPSA) is 32.3 Å². The lowest BCUT2D eigenvalue weighted by Crippen LogP contribution is -2.40. The lowest BCUT2D eigenvalue weighted by molar-refractivity contribution is -0.126. The molecule has 1 saturated carbocycles. The van der Waals surface area contributed by atoms with Crippen molar-refractivity contribution in [3.05, 3.63) is 0 Å². The van der Waals surface area contributed by atoms with Crippen molar-refractivity contribution in [2.45, 2.75) is 32.2 Å². The maximum absolute atomic E-state index is 11.7. The van der Waals surface area contributed by atoms with E-state index >= 15 is 0 Å². The number of likely N-dealkylation sites (tertiary alicyclic amines) is 1. The third-order valence-electron chi connectivity index (χ3n) is 3.27. The van der Waals surface area contributed by atoms with Gasteiger partial charge in [0, 0.05) is 18.0 Å². The molecule has 1 saturated heterocycles. The fourth-order valence-corrected chi connectivity index (χ4v) is 1.83. The van der Waals surface area contributed by atoms with Crippen molar-refractivity contribution in [1.82, 2.24) is 10.2 Å². The molecule has 1 aliphatic heterocycles. The van der Waals surface area contributed by atoms with Crippen molar-refractivity contribution in [2.75, 3.05) is 20.1 Å². The normalized spacial score (nSPS) is 31.7. The van der Waals surface area contributed by atoms with E-state index in [4.69, 9.17) is 0 Å². The van der Waals surface area contributed by atoms with Crippen molar-refractivity contribution in [3.8, 4) is 0 Å². The van der Waals surface area contributed by atoms with Gasteiger partial charge in [-0.25, -0.2) is 0 Å². The highest BCUT2D eigenvalue weighted by atomic mass is 16.2. The SMILES string of the molecule is CN1CCC(NC(=O)C2(C)CC2)C1. The summed E-state index contributed by atoms with van der Waals surface area (Å²) in [5.41, 5.74) is -0.0127. The molecular weight excluding hydrogens is 164 g/mol. The molecular formula is C10H18N2O. The minimum Gasteiger partial charge on any atom is -0.352 e. The van der Waals surface area contributed by atoms with Crippen molar-refractivity contribution < 1.29 is 4.79 Å². The zero-order valence-corrected chi connectivity index (χ0v) is 8.47. The molecule has 2 rings (SSSR count). The summed E-state index contributed by atoms with van der Waals surface area (Å²) in [5.74, 6) is 0.271. The van der Waals surface area contributed by atoms with Crippen LogP contribution < -0.4 is 5.32 Å². The summed E-state index contributed by atoms with van der Waals surface area (Å²) in [7, 11) is 2.10. The lowest BCUT2D eigenvalue weighted by Gasteiger charge is -2.15. The van der Waals surface area contributed by atoms with Gasteiger partial charge in [0.15, 0.2) is 0 Å². The highest BCUT2D eigenvalue weighted by molar-refractivity contribution is 5.85. The first-order valence-corrected chi connectivity index (χ1v) is 5.10. The minimum atomic E-state index is -0.0127. The first-order valence-electron chi connectivity index (χ1n) is 5.10. The largest absolute Gasteiger partial charge is 0.352 e. The van der Waals surface area contributed by atoms with Gasteiger partial charge in [-0.3, -0.25) is 4.79 Å². The number of likely N-dealkylation sites (N-methyl/N-ethyl adjacent to an activating group) is 1. The van der Waals surface area contributed by atoms with E-state index in [2.05, 4.69) is 24.2 Å². The minimum absolute atomic E-state index is 0.0127. The molecule has 74 valence electrons. The Balaban J connectivity index is 1.81. The molecule has 2 fully saturated rings. The zero-order chi connectivity index (χ0) is 9.47. The summed E-state index contributed by atoms with van der Waals surface area (Å²) in [6.07, 6.45) is 3.25. The van der Waals surface area contributed by atoms with Crippen LogP contribution in [0.5, 0.6) is 0 Å². The second-order valence-corrected chi connectivity index (χ2v) is 4.78. The molecule has 0 aromatic rings. The molecule has 2 aliphatic rings. The van der Waals surface area contributed by atoms with Gasteiger partial charge in [-0.2, -0.15) is 0 Å². The van der Waals surface area contributed by atoms with Crippen LogP contribution in [0.3, 0.4) is 0 Å². The molecule has 0 aromatic heterocycles. The number of nitrogens with one attached hydrogen (secondary N) is 1. The Labute approximate surface area is 79.5 Å². The zero-order valence-electron chi connectivity index (χ0n) is 8.47. The number of amides is 1. The smallest absolute Gasteiger partial charge is 0.226 e. The Morgan fingerprint density at radius 3 is 2.69 bits per heavy atom. The fourth-order valence-electron chi connectivity index (χ4n) is 1.83. The van der Waals surface area contributed by atoms with Crippen LogP contribution in [0.1, 0.15) is 26.2 Å². The Bertz CT molecular complexity index is 223. The summed E-state index contributed by atoms with van der Waals surface area (Å²) in [5, 5.41) is 3.13. The van der Waals surface area contributed by atoms with Crippen molar-refractivity contribution in [1.29, 1.82) is 0 Å². The van der Waals surface area contributed by atoms with Crippen LogP contribution in [0.25, 0.3) is 0 Å². The van der Waals surface area contributed by atoms with E-state index in [1.54, 1.807) is 0 Å². The molecule has 0 spiro atoms. The van der Waals surface area contributed by atoms with Crippen molar-refractivity contribution in [2.24, 2.45) is 5.41 Å². The highest BCUT2D eigenvalue weighted by Gasteiger charge is 2.45. The Hall–Kier alpha value is -0.570. The van der Waals surface area contributed by atoms with E-state index < -0.39 is 0 Å². The molecule has 0 radical (unpaired) electrons. The van der Waals surface area contributed by atoms with Gasteiger partial charge in [-0.05, 0) is 32.9 Å². The quantitative estimate of drug-likeness (QED) is 0.678. The molecule has 1 atom stereocenters. The molecule has 0 bridgehead atoms. The summed E-state index contributed by atoms with van der Waals surface area (Å²) in [4.78, 5) is 13.9. The third-order valence-corrected chi connectivity index (χ3v) is 3.27. The maximum atomic E-state index is 11.7. The number of hydrogen-bond acceptors (Lipinski definition) is 2. The summed E-state index contributed by atoms with van der Waals surface area (Å²) in [6.45, 7) is 4.18. The molecule has 13 heavy (non-hydrogen) atoms. The van der Waals surface area contributed by atoms with E-state index in [1.807, 2.05) is 0 Å². The van der Waals surface area contributed by atoms with Crippen molar-refractivity contribution in [3.63, 3.8) is 0 Å². The van der Waals surface area contributed by atoms with Gasteiger partial charge in [0.2, 0.25) is 5.91 Å². The van der Waals surface area contributed by atoms with Gasteiger partial charge in [-0.1, -0.05) is 6.92 Å². The van der Waals surface area contributed by atoms with Gasteiger partial charge < -0.3 is 10.2 Å². The Kier molecular flexibility index (Phi) is 2.06. The van der Waals surface area contributed by atoms with Crippen LogP contribution >= 0.6 is 0 Å². The van der Waals surface area contributed by atoms with Gasteiger partial charge >= 0.3 is 0 Å². The van der Waals surface area contributed by atoms with E-state index in [0.717, 1.165) is 32.4 Å². The van der Waals surface area contributed by atoms with E-state index in [1.165, 1.54) is 0 Å². The fraction of sp³-hybridized carbons (Fsp3) is 0.900. The van der Waals surface area contributed by atoms with Crippen LogP contribution in [0.15, 0.2) is 0 Å². The van der Waals surface area contributed by atoms with Crippen LogP contribution in [0, 0.1) is 5.41 Å². The first-order chi connectivity index (χ1) is 6.10. The average Bonchev–Trinajstić information content (AvgIpc) is 2.69. The molecule has 1 heterocycles. The molecule has 1 N–H and O–H groups in total. The second-order valence-electron chi connectivity index (χ2n) is 4.78. The molecule has 3 nitrogen and oxygen atoms in total. The lowest BCUT2D eigenvalue weighted by atomic mass is 10.1. The van der Waals surface area contributed by atoms with Crippen LogP contribution in [0.2, 0.25) is 0 Å². The number of carbonyl (C=O) groups is 1. The number of nitrogens with zero attached hydrogens (tertiary/aromatic N) is 1. The predicted molar refractivity (Wildman–Crippen MR) is 51.4 cm³/mol. The number of hydrogen-bond donors (Lipinski definition) is 1. The molecule has 1 amide bonds. The summed E-state index contributed by atoms with van der Waals surface area (Å²) >= 11 is 0. The van der Waals surface area contributed by atoms with E-state index in [0.29, 0.717) is 6.04 Å². The van der Waals surface area contributed by atoms with Gasteiger partial charge in [0.05, 0.1) is 0 Å². The third kappa shape index (κ3) is 1.85. The average molecular weight is 182 g/mol. The monoisotopic (exact) mass is 182 g/mol. The van der Waals surface area contributed by atoms with Crippen molar-refractivity contribution >= 4 is 5.91 Å². The Morgan fingerprint density at radius 2 is 2.23 bits per heavy atom. The second kappa shape index (κ2) is 2.98. The van der Waals surface area contributed by atoms with Gasteiger partial charge in [0.1, 0.15) is 0 Å². The number of carbonyl (C=O) groups excluding carboxylic acids is 1. The maximum Gasteiger partial charge on any atom is 0.226 e. The molecule has 1 unspecified atom stereocenters. The molecule has 1 aliphatic carbocycles. The number of rotatable bonds is 2. The van der Waals surface area contributed by atoms with Gasteiger partial charge in [0.25, 0.3) is 0 Å². The molecule has 0 aromatic carbocycles.